The zero-order valence-electron chi connectivity index (χ0n) is 17.2. The molecule has 0 N–H and O–H groups in total. The molecule has 1 aliphatic rings. The maximum absolute atomic E-state index is 12.0. The van der Waals surface area contributed by atoms with Crippen LogP contribution in [-0.2, 0) is 27.9 Å². The Balaban J connectivity index is 2.13. The van der Waals surface area contributed by atoms with E-state index in [2.05, 4.69) is 0 Å². The van der Waals surface area contributed by atoms with Gasteiger partial charge in [-0.05, 0) is 39.5 Å². The summed E-state index contributed by atoms with van der Waals surface area (Å²) in [5, 5.41) is 0. The van der Waals surface area contributed by atoms with Crippen molar-refractivity contribution in [1.82, 2.24) is 4.90 Å². The predicted octanol–water partition coefficient (Wildman–Crippen LogP) is 3.49. The first-order chi connectivity index (χ1) is 12.6. The van der Waals surface area contributed by atoms with Gasteiger partial charge in [0.25, 0.3) is 0 Å². The molecule has 0 unspecified atom stereocenters. The van der Waals surface area contributed by atoms with Gasteiger partial charge in [0.15, 0.2) is 0 Å². The van der Waals surface area contributed by atoms with Gasteiger partial charge < -0.3 is 23.4 Å². The van der Waals surface area contributed by atoms with Gasteiger partial charge in [0.2, 0.25) is 0 Å². The van der Waals surface area contributed by atoms with Crippen molar-refractivity contribution in [1.29, 1.82) is 0 Å². The van der Waals surface area contributed by atoms with Crippen LogP contribution in [-0.4, -0.2) is 69.1 Å². The molecular weight excluding hydrogens is 373 g/mol. The van der Waals surface area contributed by atoms with Gasteiger partial charge in [0.1, 0.15) is 11.4 Å². The lowest BCUT2D eigenvalue weighted by atomic mass is 10.1. The highest BCUT2D eigenvalue weighted by Crippen LogP contribution is 2.46. The summed E-state index contributed by atoms with van der Waals surface area (Å²) in [6.07, 6.45) is 2.03. The summed E-state index contributed by atoms with van der Waals surface area (Å²) in [6.45, 7) is 7.85. The number of carbonyl (C=O) groups excluding carboxylic acids is 2. The van der Waals surface area contributed by atoms with Gasteiger partial charge in [0, 0.05) is 46.8 Å². The van der Waals surface area contributed by atoms with E-state index in [1.54, 1.807) is 4.90 Å². The zero-order valence-corrected chi connectivity index (χ0v) is 18.1. The van der Waals surface area contributed by atoms with Crippen LogP contribution >= 0.6 is 7.60 Å². The van der Waals surface area contributed by atoms with E-state index in [1.807, 2.05) is 20.8 Å². The van der Waals surface area contributed by atoms with E-state index in [4.69, 9.17) is 18.5 Å². The van der Waals surface area contributed by atoms with Crippen LogP contribution in [0.1, 0.15) is 46.5 Å². The third-order valence-corrected chi connectivity index (χ3v) is 6.24. The number of likely N-dealkylation sites (tertiary alicyclic amines) is 1. The van der Waals surface area contributed by atoms with Gasteiger partial charge in [-0.15, -0.1) is 0 Å². The van der Waals surface area contributed by atoms with Crippen LogP contribution in [0.15, 0.2) is 0 Å². The summed E-state index contributed by atoms with van der Waals surface area (Å²) in [6, 6.07) is 0. The number of rotatable bonds is 11. The minimum absolute atomic E-state index is 0.0266. The molecule has 0 aliphatic carbocycles. The predicted molar refractivity (Wildman–Crippen MR) is 102 cm³/mol. The largest absolute Gasteiger partial charge is 0.444 e. The summed E-state index contributed by atoms with van der Waals surface area (Å²) in [4.78, 5) is 25.6. The average Bonchev–Trinajstić information content (AvgIpc) is 3.07. The second kappa shape index (κ2) is 11.1. The van der Waals surface area contributed by atoms with Crippen molar-refractivity contribution in [2.24, 2.45) is 5.92 Å². The van der Waals surface area contributed by atoms with Crippen molar-refractivity contribution in [3.05, 3.63) is 0 Å². The third-order valence-electron chi connectivity index (χ3n) is 4.35. The lowest BCUT2D eigenvalue weighted by molar-refractivity contribution is -0.119. The molecule has 0 spiro atoms. The van der Waals surface area contributed by atoms with Crippen LogP contribution in [0.5, 0.6) is 0 Å². The molecule has 1 saturated heterocycles. The van der Waals surface area contributed by atoms with Crippen LogP contribution in [0.4, 0.5) is 4.79 Å². The molecule has 1 amide bonds. The topological polar surface area (TPSA) is 91.4 Å². The second-order valence-corrected chi connectivity index (χ2v) is 10.1. The fraction of sp³-hybridized carbons (Fsp3) is 0.889. The number of Topliss-reactive ketones (excluding diaryl/α,β-unsaturated/α-hetero) is 1. The Morgan fingerprint density at radius 2 is 1.78 bits per heavy atom. The van der Waals surface area contributed by atoms with E-state index in [-0.39, 0.29) is 30.9 Å². The molecule has 158 valence electrons. The van der Waals surface area contributed by atoms with Crippen molar-refractivity contribution in [3.63, 3.8) is 0 Å². The monoisotopic (exact) mass is 407 g/mol. The standard InChI is InChI=1S/C18H34NO7P/c1-18(2,3)26-17(21)19-10-6-15(14-19)7-11-25-12-8-16(20)9-13-27(22,23-4)24-5/h15H,6-14H2,1-5H3/t15-/m0/s1. The maximum atomic E-state index is 12.0. The van der Waals surface area contributed by atoms with E-state index in [9.17, 15) is 14.2 Å². The van der Waals surface area contributed by atoms with Gasteiger partial charge in [-0.2, -0.15) is 0 Å². The molecule has 1 aliphatic heterocycles. The first kappa shape index (κ1) is 24.1. The first-order valence-electron chi connectivity index (χ1n) is 9.36. The number of ether oxygens (including phenoxy) is 2. The van der Waals surface area contributed by atoms with E-state index >= 15 is 0 Å². The Hall–Kier alpha value is -0.950. The smallest absolute Gasteiger partial charge is 0.410 e. The number of hydrogen-bond donors (Lipinski definition) is 0. The average molecular weight is 407 g/mol. The van der Waals surface area contributed by atoms with E-state index in [0.29, 0.717) is 32.2 Å². The minimum Gasteiger partial charge on any atom is -0.444 e. The highest BCUT2D eigenvalue weighted by molar-refractivity contribution is 7.53. The minimum atomic E-state index is -3.13. The molecule has 0 bridgehead atoms. The van der Waals surface area contributed by atoms with Crippen LogP contribution in [0.2, 0.25) is 0 Å². The molecule has 1 atom stereocenters. The van der Waals surface area contributed by atoms with Crippen molar-refractivity contribution < 1.29 is 32.7 Å². The van der Waals surface area contributed by atoms with Crippen LogP contribution in [0, 0.1) is 5.92 Å². The van der Waals surface area contributed by atoms with Crippen molar-refractivity contribution >= 4 is 19.5 Å². The zero-order chi connectivity index (χ0) is 20.5. The summed E-state index contributed by atoms with van der Waals surface area (Å²) in [5.41, 5.74) is -0.481. The van der Waals surface area contributed by atoms with Crippen LogP contribution in [0.25, 0.3) is 0 Å². The normalized spacial score (nSPS) is 18.0. The number of amides is 1. The molecule has 0 radical (unpaired) electrons. The van der Waals surface area contributed by atoms with Crippen LogP contribution < -0.4 is 0 Å². The SMILES string of the molecule is COP(=O)(CCC(=O)CCOCC[C@@H]1CCN(C(=O)OC(C)(C)C)C1)OC. The van der Waals surface area contributed by atoms with Gasteiger partial charge in [-0.1, -0.05) is 0 Å². The Bertz CT molecular complexity index is 524. The molecule has 0 aromatic heterocycles. The van der Waals surface area contributed by atoms with E-state index < -0.39 is 13.2 Å². The fourth-order valence-electron chi connectivity index (χ4n) is 2.74. The molecule has 0 aromatic rings. The molecule has 0 saturated carbocycles. The van der Waals surface area contributed by atoms with Gasteiger partial charge >= 0.3 is 13.7 Å². The van der Waals surface area contributed by atoms with E-state index in [1.165, 1.54) is 14.2 Å². The first-order valence-corrected chi connectivity index (χ1v) is 11.1. The number of nitrogens with zero attached hydrogens (tertiary/aromatic N) is 1. The Kier molecular flexibility index (Phi) is 9.95. The summed E-state index contributed by atoms with van der Waals surface area (Å²) < 4.78 is 32.4. The summed E-state index contributed by atoms with van der Waals surface area (Å²) in [5.74, 6) is 0.365. The quantitative estimate of drug-likeness (QED) is 0.382. The molecule has 8 nitrogen and oxygen atoms in total. The Labute approximate surface area is 162 Å². The summed E-state index contributed by atoms with van der Waals surface area (Å²) in [7, 11) is -0.505. The van der Waals surface area contributed by atoms with E-state index in [0.717, 1.165) is 12.8 Å². The number of hydrogen-bond acceptors (Lipinski definition) is 7. The molecule has 1 rings (SSSR count). The van der Waals surface area contributed by atoms with Crippen molar-refractivity contribution in [2.75, 3.05) is 46.7 Å². The molecule has 0 aromatic carbocycles. The van der Waals surface area contributed by atoms with Gasteiger partial charge in [-0.25, -0.2) is 4.79 Å². The highest BCUT2D eigenvalue weighted by atomic mass is 31.2. The maximum Gasteiger partial charge on any atom is 0.410 e. The van der Waals surface area contributed by atoms with Crippen LogP contribution in [0.3, 0.4) is 0 Å². The van der Waals surface area contributed by atoms with Crippen molar-refractivity contribution in [2.45, 2.75) is 52.1 Å². The highest BCUT2D eigenvalue weighted by Gasteiger charge is 2.29. The van der Waals surface area contributed by atoms with Gasteiger partial charge in [-0.3, -0.25) is 9.36 Å². The molecule has 1 heterocycles. The van der Waals surface area contributed by atoms with Gasteiger partial charge in [0.05, 0.1) is 12.8 Å². The fourth-order valence-corrected chi connectivity index (χ4v) is 3.78. The number of ketones is 1. The Morgan fingerprint density at radius 3 is 2.37 bits per heavy atom. The van der Waals surface area contributed by atoms with Crippen molar-refractivity contribution in [3.8, 4) is 0 Å². The lowest BCUT2D eigenvalue weighted by Crippen LogP contribution is -2.35. The second-order valence-electron chi connectivity index (χ2n) is 7.72. The molecule has 27 heavy (non-hydrogen) atoms. The molecule has 1 fully saturated rings. The third kappa shape index (κ3) is 9.70. The lowest BCUT2D eigenvalue weighted by Gasteiger charge is -2.24. The molecular formula is C18H34NO7P. The molecule has 9 heteroatoms. The summed E-state index contributed by atoms with van der Waals surface area (Å²) >= 11 is 0. The number of carbonyl (C=O) groups is 2. The Morgan fingerprint density at radius 1 is 1.11 bits per heavy atom.